The minimum absolute atomic E-state index is 0.0167. The van der Waals surface area contributed by atoms with Gasteiger partial charge in [0, 0.05) is 22.0 Å². The Morgan fingerprint density at radius 1 is 0.750 bits per heavy atom. The Hall–Kier alpha value is -4.24. The van der Waals surface area contributed by atoms with Gasteiger partial charge in [-0.1, -0.05) is 72.3 Å². The van der Waals surface area contributed by atoms with Gasteiger partial charge in [0.2, 0.25) is 0 Å². The molecule has 1 heterocycles. The molecule has 0 aliphatic rings. The van der Waals surface area contributed by atoms with E-state index in [0.29, 0.717) is 5.56 Å². The van der Waals surface area contributed by atoms with Crippen LogP contribution in [-0.4, -0.2) is 10.8 Å². The van der Waals surface area contributed by atoms with E-state index >= 15 is 0 Å². The lowest BCUT2D eigenvalue weighted by Gasteiger charge is -2.13. The van der Waals surface area contributed by atoms with E-state index in [2.05, 4.69) is 17.4 Å². The SMILES string of the molecule is Cc1ccc(/C=C/C(=O)c2ccc(Nc3c4ccccc4nc4ccccc34)cc2)cc1. The molecule has 0 amide bonds. The van der Waals surface area contributed by atoms with Crippen molar-refractivity contribution in [3.05, 3.63) is 120 Å². The Balaban J connectivity index is 1.42. The molecular formula is C29H22N2O. The molecule has 3 nitrogen and oxygen atoms in total. The molecule has 0 aliphatic carbocycles. The third kappa shape index (κ3) is 4.01. The lowest BCUT2D eigenvalue weighted by atomic mass is 10.1. The number of aromatic nitrogens is 1. The second kappa shape index (κ2) is 8.48. The summed E-state index contributed by atoms with van der Waals surface area (Å²) in [5.41, 5.74) is 6.70. The van der Waals surface area contributed by atoms with Crippen LogP contribution in [0.25, 0.3) is 27.9 Å². The fourth-order valence-corrected chi connectivity index (χ4v) is 3.78. The molecule has 5 aromatic rings. The van der Waals surface area contributed by atoms with Gasteiger partial charge < -0.3 is 5.32 Å². The first-order chi connectivity index (χ1) is 15.7. The number of benzene rings is 4. The molecule has 0 saturated heterocycles. The minimum Gasteiger partial charge on any atom is -0.354 e. The molecule has 5 rings (SSSR count). The summed E-state index contributed by atoms with van der Waals surface area (Å²) < 4.78 is 0. The molecule has 0 fully saturated rings. The zero-order valence-corrected chi connectivity index (χ0v) is 17.7. The number of para-hydroxylation sites is 2. The van der Waals surface area contributed by atoms with E-state index in [0.717, 1.165) is 38.7 Å². The Bertz CT molecular complexity index is 1400. The van der Waals surface area contributed by atoms with E-state index in [1.807, 2.05) is 97.9 Å². The fraction of sp³-hybridized carbons (Fsp3) is 0.0345. The highest BCUT2D eigenvalue weighted by Crippen LogP contribution is 2.33. The van der Waals surface area contributed by atoms with Crippen LogP contribution in [0.5, 0.6) is 0 Å². The van der Waals surface area contributed by atoms with Crippen molar-refractivity contribution in [1.82, 2.24) is 4.98 Å². The first-order valence-corrected chi connectivity index (χ1v) is 10.6. The summed E-state index contributed by atoms with van der Waals surface area (Å²) in [6, 6.07) is 31.9. The number of ketones is 1. The highest BCUT2D eigenvalue weighted by molar-refractivity contribution is 6.09. The number of nitrogens with one attached hydrogen (secondary N) is 1. The van der Waals surface area contributed by atoms with Crippen molar-refractivity contribution in [2.45, 2.75) is 6.92 Å². The topological polar surface area (TPSA) is 42.0 Å². The lowest BCUT2D eigenvalue weighted by Crippen LogP contribution is -1.97. The number of nitrogens with zero attached hydrogens (tertiary/aromatic N) is 1. The lowest BCUT2D eigenvalue weighted by molar-refractivity contribution is 0.104. The van der Waals surface area contributed by atoms with Gasteiger partial charge in [0.15, 0.2) is 5.78 Å². The molecule has 0 aliphatic heterocycles. The van der Waals surface area contributed by atoms with Crippen molar-refractivity contribution in [3.63, 3.8) is 0 Å². The van der Waals surface area contributed by atoms with Crippen molar-refractivity contribution in [3.8, 4) is 0 Å². The largest absolute Gasteiger partial charge is 0.354 e. The van der Waals surface area contributed by atoms with Crippen molar-refractivity contribution in [2.24, 2.45) is 0 Å². The molecule has 1 N–H and O–H groups in total. The first kappa shape index (κ1) is 19.7. The number of rotatable bonds is 5. The third-order valence-corrected chi connectivity index (χ3v) is 5.53. The summed E-state index contributed by atoms with van der Waals surface area (Å²) in [4.78, 5) is 17.4. The second-order valence-electron chi connectivity index (χ2n) is 7.83. The molecule has 0 bridgehead atoms. The molecule has 4 aromatic carbocycles. The maximum Gasteiger partial charge on any atom is 0.185 e. The minimum atomic E-state index is -0.0167. The smallest absolute Gasteiger partial charge is 0.185 e. The molecule has 0 radical (unpaired) electrons. The van der Waals surface area contributed by atoms with Gasteiger partial charge in [0.25, 0.3) is 0 Å². The van der Waals surface area contributed by atoms with Gasteiger partial charge in [-0.25, -0.2) is 4.98 Å². The zero-order chi connectivity index (χ0) is 21.9. The number of carbonyl (C=O) groups is 1. The standard InChI is InChI=1S/C29H22N2O/c1-20-10-12-21(13-11-20)14-19-28(32)22-15-17-23(18-16-22)30-29-24-6-2-4-8-26(24)31-27-9-5-3-7-25(27)29/h2-19H,1H3,(H,30,31)/b19-14+. The van der Waals surface area contributed by atoms with Crippen molar-refractivity contribution in [1.29, 1.82) is 0 Å². The number of hydrogen-bond acceptors (Lipinski definition) is 3. The number of carbonyl (C=O) groups excluding carboxylic acids is 1. The average molecular weight is 415 g/mol. The van der Waals surface area contributed by atoms with Crippen molar-refractivity contribution < 1.29 is 4.79 Å². The van der Waals surface area contributed by atoms with Gasteiger partial charge in [-0.05, 0) is 55.0 Å². The molecular weight excluding hydrogens is 392 g/mol. The van der Waals surface area contributed by atoms with E-state index < -0.39 is 0 Å². The van der Waals surface area contributed by atoms with Crippen LogP contribution < -0.4 is 5.32 Å². The molecule has 32 heavy (non-hydrogen) atoms. The van der Waals surface area contributed by atoms with E-state index in [9.17, 15) is 4.79 Å². The monoisotopic (exact) mass is 414 g/mol. The van der Waals surface area contributed by atoms with Gasteiger partial charge >= 0.3 is 0 Å². The molecule has 0 saturated carbocycles. The maximum atomic E-state index is 12.6. The number of aryl methyl sites for hydroxylation is 1. The van der Waals surface area contributed by atoms with Crippen LogP contribution in [0.2, 0.25) is 0 Å². The number of fused-ring (bicyclic) bond motifs is 2. The predicted octanol–water partition coefficient (Wildman–Crippen LogP) is 7.34. The van der Waals surface area contributed by atoms with E-state index in [4.69, 9.17) is 4.98 Å². The maximum absolute atomic E-state index is 12.6. The number of allylic oxidation sites excluding steroid dienone is 1. The average Bonchev–Trinajstić information content (AvgIpc) is 2.84. The van der Waals surface area contributed by atoms with Gasteiger partial charge in [0.1, 0.15) is 0 Å². The number of pyridine rings is 1. The van der Waals surface area contributed by atoms with Crippen molar-refractivity contribution >= 4 is 45.0 Å². The van der Waals surface area contributed by atoms with Crippen LogP contribution in [0.1, 0.15) is 21.5 Å². The summed E-state index contributed by atoms with van der Waals surface area (Å²) in [5.74, 6) is -0.0167. The van der Waals surface area contributed by atoms with Gasteiger partial charge in [0.05, 0.1) is 16.7 Å². The van der Waals surface area contributed by atoms with Crippen LogP contribution in [0.3, 0.4) is 0 Å². The quantitative estimate of drug-likeness (QED) is 0.186. The van der Waals surface area contributed by atoms with E-state index in [1.54, 1.807) is 6.08 Å². The normalized spacial score (nSPS) is 11.3. The second-order valence-corrected chi connectivity index (χ2v) is 7.83. The summed E-state index contributed by atoms with van der Waals surface area (Å²) >= 11 is 0. The molecule has 0 spiro atoms. The Morgan fingerprint density at radius 2 is 1.34 bits per heavy atom. The fourth-order valence-electron chi connectivity index (χ4n) is 3.78. The molecule has 0 unspecified atom stereocenters. The van der Waals surface area contributed by atoms with Crippen LogP contribution in [-0.2, 0) is 0 Å². The van der Waals surface area contributed by atoms with E-state index in [1.165, 1.54) is 5.56 Å². The Morgan fingerprint density at radius 3 is 1.97 bits per heavy atom. The Kier molecular flexibility index (Phi) is 5.22. The van der Waals surface area contributed by atoms with Crippen LogP contribution in [0.4, 0.5) is 11.4 Å². The third-order valence-electron chi connectivity index (χ3n) is 5.53. The predicted molar refractivity (Wildman–Crippen MR) is 134 cm³/mol. The summed E-state index contributed by atoms with van der Waals surface area (Å²) in [6.07, 6.45) is 3.47. The first-order valence-electron chi connectivity index (χ1n) is 10.6. The molecule has 3 heteroatoms. The van der Waals surface area contributed by atoms with Gasteiger partial charge in [-0.15, -0.1) is 0 Å². The zero-order valence-electron chi connectivity index (χ0n) is 17.7. The number of hydrogen-bond donors (Lipinski definition) is 1. The number of anilines is 2. The summed E-state index contributed by atoms with van der Waals surface area (Å²) in [5, 5.41) is 5.67. The van der Waals surface area contributed by atoms with Gasteiger partial charge in [-0.3, -0.25) is 4.79 Å². The van der Waals surface area contributed by atoms with Crippen molar-refractivity contribution in [2.75, 3.05) is 5.32 Å². The van der Waals surface area contributed by atoms with E-state index in [-0.39, 0.29) is 5.78 Å². The van der Waals surface area contributed by atoms with Gasteiger partial charge in [-0.2, -0.15) is 0 Å². The molecule has 1 aromatic heterocycles. The van der Waals surface area contributed by atoms with Crippen LogP contribution in [0, 0.1) is 6.92 Å². The van der Waals surface area contributed by atoms with Crippen LogP contribution in [0.15, 0.2) is 103 Å². The summed E-state index contributed by atoms with van der Waals surface area (Å²) in [7, 11) is 0. The summed E-state index contributed by atoms with van der Waals surface area (Å²) in [6.45, 7) is 2.05. The highest BCUT2D eigenvalue weighted by atomic mass is 16.1. The molecule has 154 valence electrons. The molecule has 0 atom stereocenters. The highest BCUT2D eigenvalue weighted by Gasteiger charge is 2.09. The Labute approximate surface area is 187 Å². The van der Waals surface area contributed by atoms with Crippen LogP contribution >= 0.6 is 0 Å².